The van der Waals surface area contributed by atoms with Gasteiger partial charge in [0.15, 0.2) is 17.2 Å². The highest BCUT2D eigenvalue weighted by Crippen LogP contribution is 2.27. The average Bonchev–Trinajstić information content (AvgIpc) is 3.04. The number of carbonyl (C=O) groups is 1. The predicted octanol–water partition coefficient (Wildman–Crippen LogP) is 3.14. The zero-order valence-corrected chi connectivity index (χ0v) is 15.3. The Morgan fingerprint density at radius 3 is 2.69 bits per heavy atom. The molecule has 0 saturated heterocycles. The molecular formula is C18H15F4N3O4. The number of fused-ring (bicyclic) bond motifs is 1. The van der Waals surface area contributed by atoms with Crippen molar-refractivity contribution in [3.63, 3.8) is 0 Å². The van der Waals surface area contributed by atoms with Crippen LogP contribution in [0.4, 0.5) is 17.6 Å². The lowest BCUT2D eigenvalue weighted by atomic mass is 10.0. The number of hydrogen-bond donors (Lipinski definition) is 1. The highest BCUT2D eigenvalue weighted by Gasteiger charge is 2.32. The molecule has 154 valence electrons. The fraction of sp³-hybridized carbons (Fsp3) is 0.278. The number of aromatic nitrogens is 3. The number of carbonyl (C=O) groups excluding carboxylic acids is 1. The zero-order chi connectivity index (χ0) is 21.3. The van der Waals surface area contributed by atoms with E-state index < -0.39 is 29.5 Å². The Balaban J connectivity index is 2.00. The molecule has 29 heavy (non-hydrogen) atoms. The monoisotopic (exact) mass is 413 g/mol. The first-order valence-electron chi connectivity index (χ1n) is 8.41. The number of benzene rings is 1. The second kappa shape index (κ2) is 7.57. The van der Waals surface area contributed by atoms with E-state index >= 15 is 0 Å². The Bertz CT molecular complexity index is 1130. The third kappa shape index (κ3) is 4.23. The maximum atomic E-state index is 13.6. The first-order valence-corrected chi connectivity index (χ1v) is 8.41. The van der Waals surface area contributed by atoms with Crippen molar-refractivity contribution >= 4 is 11.6 Å². The van der Waals surface area contributed by atoms with Crippen LogP contribution < -0.4 is 10.3 Å². The molecular weight excluding hydrogens is 398 g/mol. The van der Waals surface area contributed by atoms with Gasteiger partial charge in [-0.05, 0) is 31.5 Å². The van der Waals surface area contributed by atoms with Crippen LogP contribution in [0.3, 0.4) is 0 Å². The minimum absolute atomic E-state index is 0.0647. The minimum atomic E-state index is -5.05. The smallest absolute Gasteiger partial charge is 0.462 e. The number of ether oxygens (including phenoxy) is 2. The number of nitrogens with one attached hydrogen (secondary N) is 1. The number of aromatic amines is 1. The third-order valence-corrected chi connectivity index (χ3v) is 4.06. The molecule has 0 saturated carbocycles. The minimum Gasteiger partial charge on any atom is -0.462 e. The lowest BCUT2D eigenvalue weighted by Gasteiger charge is -2.11. The van der Waals surface area contributed by atoms with Crippen LogP contribution in [0.15, 0.2) is 29.2 Å². The molecule has 0 radical (unpaired) electrons. The largest absolute Gasteiger partial charge is 0.573 e. The number of hydrogen-bond acceptors (Lipinski definition) is 5. The van der Waals surface area contributed by atoms with Gasteiger partial charge < -0.3 is 9.47 Å². The predicted molar refractivity (Wildman–Crippen MR) is 92.4 cm³/mol. The molecule has 0 aliphatic heterocycles. The summed E-state index contributed by atoms with van der Waals surface area (Å²) >= 11 is 0. The Morgan fingerprint density at radius 2 is 2.03 bits per heavy atom. The van der Waals surface area contributed by atoms with E-state index in [2.05, 4.69) is 14.8 Å². The van der Waals surface area contributed by atoms with Gasteiger partial charge in [0.2, 0.25) is 0 Å². The number of halogens is 4. The fourth-order valence-electron chi connectivity index (χ4n) is 2.78. The molecule has 0 spiro atoms. The SMILES string of the molecule is CCOC(=O)c1c[nH]n2c(=O)c(Cc3ccc(F)c(OC(F)(F)F)c3)c(C)nc12. The zero-order valence-electron chi connectivity index (χ0n) is 15.3. The van der Waals surface area contributed by atoms with Crippen molar-refractivity contribution in [2.24, 2.45) is 0 Å². The number of aryl methyl sites for hydroxylation is 1. The highest BCUT2D eigenvalue weighted by atomic mass is 19.4. The Kier molecular flexibility index (Phi) is 5.31. The van der Waals surface area contributed by atoms with Crippen LogP contribution in [0.1, 0.15) is 34.1 Å². The van der Waals surface area contributed by atoms with Gasteiger partial charge in [0, 0.05) is 23.9 Å². The molecule has 3 aromatic rings. The van der Waals surface area contributed by atoms with Crippen LogP contribution in [0.25, 0.3) is 5.65 Å². The van der Waals surface area contributed by atoms with E-state index in [-0.39, 0.29) is 41.1 Å². The topological polar surface area (TPSA) is 85.7 Å². The molecule has 0 fully saturated rings. The Labute approximate surface area is 160 Å². The number of alkyl halides is 3. The summed E-state index contributed by atoms with van der Waals surface area (Å²) in [6, 6.07) is 2.93. The van der Waals surface area contributed by atoms with E-state index in [1.54, 1.807) is 6.92 Å². The number of rotatable bonds is 5. The van der Waals surface area contributed by atoms with Crippen LogP contribution in [-0.2, 0) is 11.2 Å². The molecule has 0 atom stereocenters. The molecule has 3 rings (SSSR count). The van der Waals surface area contributed by atoms with E-state index in [1.807, 2.05) is 0 Å². The van der Waals surface area contributed by atoms with Crippen LogP contribution in [0, 0.1) is 12.7 Å². The molecule has 2 aromatic heterocycles. The van der Waals surface area contributed by atoms with Gasteiger partial charge in [-0.25, -0.2) is 18.7 Å². The van der Waals surface area contributed by atoms with Crippen molar-refractivity contribution in [1.29, 1.82) is 0 Å². The van der Waals surface area contributed by atoms with Gasteiger partial charge in [-0.3, -0.25) is 9.89 Å². The molecule has 11 heteroatoms. The van der Waals surface area contributed by atoms with Crippen molar-refractivity contribution < 1.29 is 31.8 Å². The number of esters is 1. The summed E-state index contributed by atoms with van der Waals surface area (Å²) < 4.78 is 60.4. The molecule has 0 amide bonds. The highest BCUT2D eigenvalue weighted by molar-refractivity contribution is 5.95. The number of H-pyrrole nitrogens is 1. The second-order valence-corrected chi connectivity index (χ2v) is 6.04. The summed E-state index contributed by atoms with van der Waals surface area (Å²) in [5.41, 5.74) is 0.221. The van der Waals surface area contributed by atoms with Crippen LogP contribution in [0.5, 0.6) is 5.75 Å². The summed E-state index contributed by atoms with van der Waals surface area (Å²) in [6.07, 6.45) is -3.90. The summed E-state index contributed by atoms with van der Waals surface area (Å²) in [5, 5.41) is 2.61. The van der Waals surface area contributed by atoms with Gasteiger partial charge in [-0.1, -0.05) is 6.07 Å². The van der Waals surface area contributed by atoms with Crippen LogP contribution in [0.2, 0.25) is 0 Å². The van der Waals surface area contributed by atoms with Gasteiger partial charge in [0.25, 0.3) is 5.56 Å². The molecule has 0 bridgehead atoms. The van der Waals surface area contributed by atoms with Crippen molar-refractivity contribution in [1.82, 2.24) is 14.6 Å². The van der Waals surface area contributed by atoms with Crippen LogP contribution >= 0.6 is 0 Å². The Hall–Kier alpha value is -3.37. The lowest BCUT2D eigenvalue weighted by molar-refractivity contribution is -0.275. The van der Waals surface area contributed by atoms with Crippen LogP contribution in [-0.4, -0.2) is 33.5 Å². The van der Waals surface area contributed by atoms with Crippen molar-refractivity contribution in [2.45, 2.75) is 26.6 Å². The van der Waals surface area contributed by atoms with Crippen molar-refractivity contribution in [3.8, 4) is 5.75 Å². The van der Waals surface area contributed by atoms with Crippen molar-refractivity contribution in [3.05, 3.63) is 63.0 Å². The summed E-state index contributed by atoms with van der Waals surface area (Å²) in [7, 11) is 0. The van der Waals surface area contributed by atoms with E-state index in [4.69, 9.17) is 4.74 Å². The lowest BCUT2D eigenvalue weighted by Crippen LogP contribution is -2.23. The Morgan fingerprint density at radius 1 is 1.31 bits per heavy atom. The summed E-state index contributed by atoms with van der Waals surface area (Å²) in [4.78, 5) is 29.0. The summed E-state index contributed by atoms with van der Waals surface area (Å²) in [6.45, 7) is 3.30. The van der Waals surface area contributed by atoms with Crippen molar-refractivity contribution in [2.75, 3.05) is 6.61 Å². The maximum absolute atomic E-state index is 13.6. The molecule has 0 aliphatic rings. The first kappa shape index (κ1) is 20.4. The second-order valence-electron chi connectivity index (χ2n) is 6.04. The van der Waals surface area contributed by atoms with E-state index in [0.29, 0.717) is 0 Å². The van der Waals surface area contributed by atoms with Gasteiger partial charge in [0.05, 0.1) is 6.61 Å². The quantitative estimate of drug-likeness (QED) is 0.513. The van der Waals surface area contributed by atoms with Gasteiger partial charge >= 0.3 is 12.3 Å². The molecule has 7 nitrogen and oxygen atoms in total. The fourth-order valence-corrected chi connectivity index (χ4v) is 2.78. The average molecular weight is 413 g/mol. The summed E-state index contributed by atoms with van der Waals surface area (Å²) in [5.74, 6) is -2.83. The maximum Gasteiger partial charge on any atom is 0.573 e. The van der Waals surface area contributed by atoms with Gasteiger partial charge in [-0.15, -0.1) is 13.2 Å². The third-order valence-electron chi connectivity index (χ3n) is 4.06. The van der Waals surface area contributed by atoms with E-state index in [1.165, 1.54) is 19.2 Å². The normalized spacial score (nSPS) is 11.7. The van der Waals surface area contributed by atoms with E-state index in [9.17, 15) is 27.2 Å². The van der Waals surface area contributed by atoms with Gasteiger partial charge in [-0.2, -0.15) is 0 Å². The van der Waals surface area contributed by atoms with E-state index in [0.717, 1.165) is 16.6 Å². The standard InChI is InChI=1S/C18H15F4N3O4/c1-3-28-17(27)12-8-23-25-15(12)24-9(2)11(16(25)26)6-10-4-5-13(19)14(7-10)29-18(20,21)22/h4-5,7-8,23H,3,6H2,1-2H3. The van der Waals surface area contributed by atoms with Gasteiger partial charge in [0.1, 0.15) is 5.56 Å². The molecule has 1 N–H and O–H groups in total. The molecule has 0 aliphatic carbocycles. The number of nitrogens with zero attached hydrogens (tertiary/aromatic N) is 2. The first-order chi connectivity index (χ1) is 13.6. The molecule has 1 aromatic carbocycles. The molecule has 0 unspecified atom stereocenters. The molecule has 2 heterocycles.